The molecule has 1 aromatic heterocycles. The molecule has 4 aromatic rings. The Morgan fingerprint density at radius 3 is 2.49 bits per heavy atom. The van der Waals surface area contributed by atoms with Gasteiger partial charge in [0.1, 0.15) is 5.82 Å². The van der Waals surface area contributed by atoms with Crippen LogP contribution >= 0.6 is 0 Å². The van der Waals surface area contributed by atoms with Gasteiger partial charge in [-0.2, -0.15) is 5.10 Å². The lowest BCUT2D eigenvalue weighted by molar-refractivity contribution is 0.0906. The Hall–Kier alpha value is -3.71. The number of ether oxygens (including phenoxy) is 1. The third-order valence-electron chi connectivity index (χ3n) is 8.12. The van der Waals surface area contributed by atoms with Crippen LogP contribution in [0, 0.1) is 11.7 Å². The highest BCUT2D eigenvalue weighted by Gasteiger charge is 2.37. The molecule has 1 amide bonds. The second-order valence-electron chi connectivity index (χ2n) is 10.5. The molecule has 2 bridgehead atoms. The van der Waals surface area contributed by atoms with Crippen molar-refractivity contribution in [3.05, 3.63) is 83.7 Å². The number of halogens is 1. The minimum Gasteiger partial charge on any atom is -0.377 e. The normalized spacial score (nSPS) is 21.8. The van der Waals surface area contributed by atoms with Gasteiger partial charge in [0.25, 0.3) is 5.91 Å². The summed E-state index contributed by atoms with van der Waals surface area (Å²) in [6, 6.07) is 21.4. The van der Waals surface area contributed by atoms with Gasteiger partial charge >= 0.3 is 0 Å². The molecule has 2 aliphatic heterocycles. The molecular weight excluding hydrogens is 467 g/mol. The number of H-pyrrole nitrogens is 1. The van der Waals surface area contributed by atoms with Gasteiger partial charge in [0.2, 0.25) is 0 Å². The molecule has 3 aliphatic rings. The largest absolute Gasteiger partial charge is 0.377 e. The predicted octanol–water partition coefficient (Wildman–Crippen LogP) is 5.62. The quantitative estimate of drug-likeness (QED) is 0.364. The second kappa shape index (κ2) is 8.99. The number of nitrogens with zero attached hydrogens (tertiary/aromatic N) is 2. The summed E-state index contributed by atoms with van der Waals surface area (Å²) in [6.45, 7) is 1.59. The van der Waals surface area contributed by atoms with Gasteiger partial charge in [0.05, 0.1) is 42.5 Å². The van der Waals surface area contributed by atoms with Crippen molar-refractivity contribution in [2.75, 3.05) is 18.1 Å². The minimum atomic E-state index is -0.323. The van der Waals surface area contributed by atoms with Crippen LogP contribution < -0.4 is 10.2 Å². The number of aromatic amines is 1. The number of amides is 1. The van der Waals surface area contributed by atoms with Gasteiger partial charge in [0.15, 0.2) is 0 Å². The number of hydrogen-bond acceptors (Lipinski definition) is 4. The van der Waals surface area contributed by atoms with Crippen molar-refractivity contribution in [3.8, 4) is 11.3 Å². The Kier molecular flexibility index (Phi) is 5.47. The second-order valence-corrected chi connectivity index (χ2v) is 10.5. The Balaban J connectivity index is 1.15. The molecule has 188 valence electrons. The molecule has 2 unspecified atom stereocenters. The van der Waals surface area contributed by atoms with Crippen LogP contribution in [0.25, 0.3) is 22.2 Å². The Labute approximate surface area is 214 Å². The first-order valence-corrected chi connectivity index (χ1v) is 13.2. The van der Waals surface area contributed by atoms with Crippen molar-refractivity contribution < 1.29 is 13.9 Å². The lowest BCUT2D eigenvalue weighted by Crippen LogP contribution is -2.45. The summed E-state index contributed by atoms with van der Waals surface area (Å²) in [5, 5.41) is 11.7. The molecule has 2 N–H and O–H groups in total. The molecule has 3 aromatic carbocycles. The number of aromatic nitrogens is 2. The summed E-state index contributed by atoms with van der Waals surface area (Å²) in [6.07, 6.45) is 4.35. The molecule has 1 aliphatic carbocycles. The van der Waals surface area contributed by atoms with Crippen molar-refractivity contribution in [2.24, 2.45) is 5.92 Å². The van der Waals surface area contributed by atoms with Crippen LogP contribution in [0.5, 0.6) is 0 Å². The van der Waals surface area contributed by atoms with E-state index >= 15 is 0 Å². The topological polar surface area (TPSA) is 70.2 Å². The third kappa shape index (κ3) is 4.07. The number of nitrogens with one attached hydrogen (secondary N) is 2. The van der Waals surface area contributed by atoms with E-state index in [2.05, 4.69) is 44.7 Å². The SMILES string of the molecule is O=C(N[C@H](c1ccccc1F)C1CC1)c1ccc2[nH]nc(-c3ccc(N4C5CCC4COC5)cc3)c2c1. The van der Waals surface area contributed by atoms with E-state index in [0.717, 1.165) is 48.2 Å². The fourth-order valence-electron chi connectivity index (χ4n) is 6.05. The van der Waals surface area contributed by atoms with E-state index in [4.69, 9.17) is 4.74 Å². The van der Waals surface area contributed by atoms with Gasteiger partial charge in [-0.3, -0.25) is 9.89 Å². The van der Waals surface area contributed by atoms with Crippen LogP contribution in [0.3, 0.4) is 0 Å². The standard InChI is InChI=1S/C30H29FN4O2/c31-26-4-2-1-3-24(26)28(18-5-6-18)32-30(36)20-9-14-27-25(15-20)29(34-33-27)19-7-10-21(11-8-19)35-22-12-13-23(35)17-37-16-22/h1-4,7-11,14-15,18,22-23,28H,5-6,12-13,16-17H2,(H,32,36)(H,33,34)/t22?,23?,28-/m0/s1. The summed E-state index contributed by atoms with van der Waals surface area (Å²) < 4.78 is 20.2. The number of morpholine rings is 1. The molecule has 0 radical (unpaired) electrons. The summed E-state index contributed by atoms with van der Waals surface area (Å²) >= 11 is 0. The van der Waals surface area contributed by atoms with Crippen LogP contribution in [0.4, 0.5) is 10.1 Å². The van der Waals surface area contributed by atoms with E-state index in [1.807, 2.05) is 18.2 Å². The number of anilines is 1. The Morgan fingerprint density at radius 1 is 1.00 bits per heavy atom. The maximum Gasteiger partial charge on any atom is 0.251 e. The Bertz CT molecular complexity index is 1450. The molecular formula is C30H29FN4O2. The zero-order chi connectivity index (χ0) is 24.9. The first-order chi connectivity index (χ1) is 18.2. The molecule has 3 fully saturated rings. The van der Waals surface area contributed by atoms with Crippen molar-refractivity contribution in [3.63, 3.8) is 0 Å². The molecule has 3 atom stereocenters. The number of fused-ring (bicyclic) bond motifs is 3. The van der Waals surface area contributed by atoms with E-state index in [1.54, 1.807) is 18.2 Å². The van der Waals surface area contributed by atoms with E-state index < -0.39 is 0 Å². The van der Waals surface area contributed by atoms with Gasteiger partial charge in [0, 0.05) is 27.8 Å². The average molecular weight is 497 g/mol. The van der Waals surface area contributed by atoms with E-state index in [1.165, 1.54) is 24.6 Å². The first-order valence-electron chi connectivity index (χ1n) is 13.2. The van der Waals surface area contributed by atoms with Crippen LogP contribution in [-0.4, -0.2) is 41.4 Å². The van der Waals surface area contributed by atoms with Crippen LogP contribution in [0.15, 0.2) is 66.7 Å². The molecule has 37 heavy (non-hydrogen) atoms. The molecule has 6 nitrogen and oxygen atoms in total. The number of hydrogen-bond donors (Lipinski definition) is 2. The number of carbonyl (C=O) groups is 1. The predicted molar refractivity (Wildman–Crippen MR) is 141 cm³/mol. The zero-order valence-electron chi connectivity index (χ0n) is 20.5. The monoisotopic (exact) mass is 496 g/mol. The third-order valence-corrected chi connectivity index (χ3v) is 8.12. The smallest absolute Gasteiger partial charge is 0.251 e. The van der Waals surface area contributed by atoms with E-state index in [9.17, 15) is 9.18 Å². The maximum absolute atomic E-state index is 14.5. The zero-order valence-corrected chi connectivity index (χ0v) is 20.5. The summed E-state index contributed by atoms with van der Waals surface area (Å²) in [4.78, 5) is 15.8. The highest BCUT2D eigenvalue weighted by atomic mass is 19.1. The molecule has 3 heterocycles. The highest BCUT2D eigenvalue weighted by molar-refractivity contribution is 6.01. The Morgan fingerprint density at radius 2 is 1.76 bits per heavy atom. The lowest BCUT2D eigenvalue weighted by atomic mass is 10.0. The molecule has 2 saturated heterocycles. The van der Waals surface area contributed by atoms with Gasteiger partial charge in [-0.1, -0.05) is 30.3 Å². The van der Waals surface area contributed by atoms with Gasteiger partial charge in [-0.25, -0.2) is 4.39 Å². The van der Waals surface area contributed by atoms with E-state index in [0.29, 0.717) is 23.2 Å². The van der Waals surface area contributed by atoms with E-state index in [-0.39, 0.29) is 23.7 Å². The minimum absolute atomic E-state index is 0.202. The van der Waals surface area contributed by atoms with Gasteiger partial charge in [-0.15, -0.1) is 0 Å². The summed E-state index contributed by atoms with van der Waals surface area (Å²) in [5.74, 6) is -0.206. The van der Waals surface area contributed by atoms with Crippen LogP contribution in [-0.2, 0) is 4.74 Å². The van der Waals surface area contributed by atoms with Crippen LogP contribution in [0.2, 0.25) is 0 Å². The molecule has 1 saturated carbocycles. The average Bonchev–Trinajstić information content (AvgIpc) is 3.63. The summed E-state index contributed by atoms with van der Waals surface area (Å²) in [5.41, 5.74) is 4.99. The number of benzene rings is 3. The van der Waals surface area contributed by atoms with Crippen molar-refractivity contribution in [1.29, 1.82) is 0 Å². The first kappa shape index (κ1) is 22.5. The summed E-state index contributed by atoms with van der Waals surface area (Å²) in [7, 11) is 0. The fourth-order valence-corrected chi connectivity index (χ4v) is 6.05. The van der Waals surface area contributed by atoms with Gasteiger partial charge < -0.3 is 15.0 Å². The maximum atomic E-state index is 14.5. The number of carbonyl (C=O) groups excluding carboxylic acids is 1. The fraction of sp³-hybridized carbons (Fsp3) is 0.333. The molecule has 7 heteroatoms. The highest BCUT2D eigenvalue weighted by Crippen LogP contribution is 2.42. The molecule has 7 rings (SSSR count). The molecule has 0 spiro atoms. The lowest BCUT2D eigenvalue weighted by Gasteiger charge is -2.36. The number of rotatable bonds is 6. The van der Waals surface area contributed by atoms with Gasteiger partial charge in [-0.05, 0) is 68.0 Å². The van der Waals surface area contributed by atoms with Crippen molar-refractivity contribution in [1.82, 2.24) is 15.5 Å². The van der Waals surface area contributed by atoms with Crippen molar-refractivity contribution in [2.45, 2.75) is 43.8 Å². The van der Waals surface area contributed by atoms with Crippen molar-refractivity contribution >= 4 is 22.5 Å². The van der Waals surface area contributed by atoms with Crippen LogP contribution in [0.1, 0.15) is 47.6 Å².